The average Bonchev–Trinajstić information content (AvgIpc) is 3.13. The van der Waals surface area contributed by atoms with Gasteiger partial charge in [0.1, 0.15) is 6.54 Å². The number of imidazole rings is 1. The van der Waals surface area contributed by atoms with Gasteiger partial charge in [0.2, 0.25) is 5.91 Å². The van der Waals surface area contributed by atoms with Crippen molar-refractivity contribution in [1.82, 2.24) is 14.9 Å². The summed E-state index contributed by atoms with van der Waals surface area (Å²) in [5, 5.41) is 3.09. The maximum atomic E-state index is 12.0. The Labute approximate surface area is 129 Å². The first kappa shape index (κ1) is 14.4. The van der Waals surface area contributed by atoms with Gasteiger partial charge in [0.25, 0.3) is 0 Å². The van der Waals surface area contributed by atoms with Crippen LogP contribution in [0.3, 0.4) is 0 Å². The Bertz CT molecular complexity index is 653. The first-order valence-corrected chi connectivity index (χ1v) is 7.48. The Morgan fingerprint density at radius 3 is 3.09 bits per heavy atom. The number of nitrogens with one attached hydrogen (secondary N) is 1. The molecule has 116 valence electrons. The van der Waals surface area contributed by atoms with Crippen LogP contribution >= 0.6 is 0 Å². The molecule has 1 aliphatic heterocycles. The number of carbonyl (C=O) groups is 1. The molecule has 1 aromatic heterocycles. The zero-order chi connectivity index (χ0) is 15.5. The molecule has 2 aromatic rings. The van der Waals surface area contributed by atoms with E-state index in [2.05, 4.69) is 21.3 Å². The molecule has 0 radical (unpaired) electrons. The van der Waals surface area contributed by atoms with Crippen LogP contribution in [0.1, 0.15) is 12.0 Å². The second kappa shape index (κ2) is 6.09. The summed E-state index contributed by atoms with van der Waals surface area (Å²) in [6, 6.07) is 6.27. The van der Waals surface area contributed by atoms with Crippen molar-refractivity contribution in [2.45, 2.75) is 25.9 Å². The van der Waals surface area contributed by atoms with E-state index >= 15 is 0 Å². The SMILES string of the molecule is Cc1cc(N2CCC(NC(=O)Cn3ccnc3)C2)ccc1N. The van der Waals surface area contributed by atoms with E-state index in [-0.39, 0.29) is 11.9 Å². The van der Waals surface area contributed by atoms with Crippen molar-refractivity contribution in [2.24, 2.45) is 0 Å². The third-order valence-corrected chi connectivity index (χ3v) is 4.06. The quantitative estimate of drug-likeness (QED) is 0.831. The number of nitrogens with zero attached hydrogens (tertiary/aromatic N) is 3. The van der Waals surface area contributed by atoms with Crippen LogP contribution in [0.5, 0.6) is 0 Å². The summed E-state index contributed by atoms with van der Waals surface area (Å²) in [4.78, 5) is 18.2. The third-order valence-electron chi connectivity index (χ3n) is 4.06. The zero-order valence-electron chi connectivity index (χ0n) is 12.7. The number of rotatable bonds is 4. The predicted molar refractivity (Wildman–Crippen MR) is 86.6 cm³/mol. The summed E-state index contributed by atoms with van der Waals surface area (Å²) in [6.07, 6.45) is 6.07. The van der Waals surface area contributed by atoms with Gasteiger partial charge in [0, 0.05) is 42.9 Å². The molecule has 0 aliphatic carbocycles. The summed E-state index contributed by atoms with van der Waals surface area (Å²) >= 11 is 0. The molecule has 0 spiro atoms. The van der Waals surface area contributed by atoms with E-state index in [9.17, 15) is 4.79 Å². The minimum atomic E-state index is 0.0262. The molecule has 2 heterocycles. The van der Waals surface area contributed by atoms with Gasteiger partial charge >= 0.3 is 0 Å². The van der Waals surface area contributed by atoms with Crippen LogP contribution < -0.4 is 16.0 Å². The predicted octanol–water partition coefficient (Wildman–Crippen LogP) is 1.17. The van der Waals surface area contributed by atoms with E-state index in [0.717, 1.165) is 36.4 Å². The highest BCUT2D eigenvalue weighted by Gasteiger charge is 2.24. The molecule has 1 fully saturated rings. The van der Waals surface area contributed by atoms with Crippen LogP contribution in [0.15, 0.2) is 36.9 Å². The van der Waals surface area contributed by atoms with Crippen molar-refractivity contribution in [1.29, 1.82) is 0 Å². The van der Waals surface area contributed by atoms with E-state index in [1.165, 1.54) is 0 Å². The molecule has 6 heteroatoms. The number of hydrogen-bond donors (Lipinski definition) is 2. The number of benzene rings is 1. The molecule has 3 rings (SSSR count). The highest BCUT2D eigenvalue weighted by Crippen LogP contribution is 2.24. The van der Waals surface area contributed by atoms with E-state index in [1.807, 2.05) is 19.1 Å². The Morgan fingerprint density at radius 2 is 2.36 bits per heavy atom. The topological polar surface area (TPSA) is 76.2 Å². The largest absolute Gasteiger partial charge is 0.399 e. The average molecular weight is 299 g/mol. The van der Waals surface area contributed by atoms with Crippen molar-refractivity contribution in [3.8, 4) is 0 Å². The van der Waals surface area contributed by atoms with Crippen molar-refractivity contribution in [3.05, 3.63) is 42.5 Å². The number of aryl methyl sites for hydroxylation is 1. The Kier molecular flexibility index (Phi) is 4.00. The second-order valence-electron chi connectivity index (χ2n) is 5.78. The lowest BCUT2D eigenvalue weighted by atomic mass is 10.2. The van der Waals surface area contributed by atoms with Gasteiger partial charge in [-0.15, -0.1) is 0 Å². The fraction of sp³-hybridized carbons (Fsp3) is 0.375. The highest BCUT2D eigenvalue weighted by atomic mass is 16.2. The number of amides is 1. The van der Waals surface area contributed by atoms with Gasteiger partial charge in [-0.05, 0) is 37.1 Å². The Hall–Kier alpha value is -2.50. The van der Waals surface area contributed by atoms with Crippen molar-refractivity contribution in [3.63, 3.8) is 0 Å². The number of nitrogen functional groups attached to an aromatic ring is 1. The summed E-state index contributed by atoms with van der Waals surface area (Å²) in [7, 11) is 0. The lowest BCUT2D eigenvalue weighted by Crippen LogP contribution is -2.38. The van der Waals surface area contributed by atoms with Gasteiger partial charge in [-0.2, -0.15) is 0 Å². The molecule has 1 saturated heterocycles. The molecule has 1 amide bonds. The Balaban J connectivity index is 1.55. The number of hydrogen-bond acceptors (Lipinski definition) is 4. The van der Waals surface area contributed by atoms with Crippen LogP contribution in [0.2, 0.25) is 0 Å². The molecule has 3 N–H and O–H groups in total. The summed E-state index contributed by atoms with van der Waals surface area (Å²) in [5.41, 5.74) is 8.93. The first-order valence-electron chi connectivity index (χ1n) is 7.48. The summed E-state index contributed by atoms with van der Waals surface area (Å²) in [6.45, 7) is 4.11. The molecular weight excluding hydrogens is 278 g/mol. The summed E-state index contributed by atoms with van der Waals surface area (Å²) < 4.78 is 1.77. The van der Waals surface area contributed by atoms with E-state index < -0.39 is 0 Å². The fourth-order valence-corrected chi connectivity index (χ4v) is 2.79. The van der Waals surface area contributed by atoms with Crippen molar-refractivity contribution < 1.29 is 4.79 Å². The number of aromatic nitrogens is 2. The standard InChI is InChI=1S/C16H21N5O/c1-12-8-14(2-3-15(12)17)21-6-4-13(9-21)19-16(22)10-20-7-5-18-11-20/h2-3,5,7-8,11,13H,4,6,9-10,17H2,1H3,(H,19,22). The zero-order valence-corrected chi connectivity index (χ0v) is 12.7. The van der Waals surface area contributed by atoms with Gasteiger partial charge < -0.3 is 20.5 Å². The minimum Gasteiger partial charge on any atom is -0.399 e. The molecule has 6 nitrogen and oxygen atoms in total. The monoisotopic (exact) mass is 299 g/mol. The molecule has 1 unspecified atom stereocenters. The van der Waals surface area contributed by atoms with Gasteiger partial charge in [0.05, 0.1) is 6.33 Å². The van der Waals surface area contributed by atoms with Crippen LogP contribution in [0, 0.1) is 6.92 Å². The molecular formula is C16H21N5O. The molecule has 1 aromatic carbocycles. The van der Waals surface area contributed by atoms with Crippen molar-refractivity contribution >= 4 is 17.3 Å². The lowest BCUT2D eigenvalue weighted by Gasteiger charge is -2.20. The van der Waals surface area contributed by atoms with Crippen molar-refractivity contribution in [2.75, 3.05) is 23.7 Å². The van der Waals surface area contributed by atoms with E-state index in [0.29, 0.717) is 6.54 Å². The number of nitrogens with two attached hydrogens (primary N) is 1. The van der Waals surface area contributed by atoms with Crippen LogP contribution in [0.4, 0.5) is 11.4 Å². The normalized spacial score (nSPS) is 17.7. The minimum absolute atomic E-state index is 0.0262. The third kappa shape index (κ3) is 3.21. The number of carbonyl (C=O) groups excluding carboxylic acids is 1. The van der Waals surface area contributed by atoms with Crippen LogP contribution in [-0.4, -0.2) is 34.6 Å². The van der Waals surface area contributed by atoms with E-state index in [1.54, 1.807) is 23.3 Å². The maximum Gasteiger partial charge on any atom is 0.240 e. The maximum absolute atomic E-state index is 12.0. The molecule has 0 bridgehead atoms. The van der Waals surface area contributed by atoms with Gasteiger partial charge in [-0.1, -0.05) is 0 Å². The van der Waals surface area contributed by atoms with Gasteiger partial charge in [-0.25, -0.2) is 4.98 Å². The lowest BCUT2D eigenvalue weighted by molar-refractivity contribution is -0.122. The molecule has 1 aliphatic rings. The van der Waals surface area contributed by atoms with Gasteiger partial charge in [0.15, 0.2) is 0 Å². The Morgan fingerprint density at radius 1 is 1.50 bits per heavy atom. The van der Waals surface area contributed by atoms with E-state index in [4.69, 9.17) is 5.73 Å². The molecule has 22 heavy (non-hydrogen) atoms. The molecule has 0 saturated carbocycles. The fourth-order valence-electron chi connectivity index (χ4n) is 2.79. The second-order valence-corrected chi connectivity index (χ2v) is 5.78. The van der Waals surface area contributed by atoms with Crippen LogP contribution in [-0.2, 0) is 11.3 Å². The highest BCUT2D eigenvalue weighted by molar-refractivity contribution is 5.76. The smallest absolute Gasteiger partial charge is 0.240 e. The first-order chi connectivity index (χ1) is 10.6. The molecule has 1 atom stereocenters. The summed E-state index contributed by atoms with van der Waals surface area (Å²) in [5.74, 6) is 0.0262. The van der Waals surface area contributed by atoms with Gasteiger partial charge in [-0.3, -0.25) is 4.79 Å². The number of anilines is 2. The van der Waals surface area contributed by atoms with Crippen LogP contribution in [0.25, 0.3) is 0 Å².